The number of pyridine rings is 1. The van der Waals surface area contributed by atoms with Crippen LogP contribution in [0.3, 0.4) is 0 Å². The Balaban J connectivity index is 1.53. The van der Waals surface area contributed by atoms with E-state index in [0.717, 1.165) is 30.6 Å². The van der Waals surface area contributed by atoms with Gasteiger partial charge in [0.2, 0.25) is 5.91 Å². The van der Waals surface area contributed by atoms with Crippen LogP contribution in [-0.4, -0.2) is 46.7 Å². The van der Waals surface area contributed by atoms with Crippen LogP contribution in [0.5, 0.6) is 0 Å². The third kappa shape index (κ3) is 6.58. The summed E-state index contributed by atoms with van der Waals surface area (Å²) in [5.41, 5.74) is 2.21. The highest BCUT2D eigenvalue weighted by molar-refractivity contribution is 7.80. The molecule has 0 aliphatic carbocycles. The first-order valence-corrected chi connectivity index (χ1v) is 9.95. The molecule has 148 valence electrons. The van der Waals surface area contributed by atoms with Crippen LogP contribution in [0, 0.1) is 0 Å². The average molecular weight is 399 g/mol. The second-order valence-electron chi connectivity index (χ2n) is 6.80. The Kier molecular flexibility index (Phi) is 7.75. The number of nitrogens with one attached hydrogen (secondary N) is 2. The minimum absolute atomic E-state index is 0.0844. The summed E-state index contributed by atoms with van der Waals surface area (Å²) in [5.74, 6) is -0.0844. The van der Waals surface area contributed by atoms with Crippen molar-refractivity contribution in [1.82, 2.24) is 20.5 Å². The van der Waals surface area contributed by atoms with E-state index in [0.29, 0.717) is 24.7 Å². The zero-order valence-electron chi connectivity index (χ0n) is 15.8. The quantitative estimate of drug-likeness (QED) is 0.665. The lowest BCUT2D eigenvalue weighted by Gasteiger charge is -2.26. The van der Waals surface area contributed by atoms with Crippen molar-refractivity contribution in [3.8, 4) is 0 Å². The van der Waals surface area contributed by atoms with Gasteiger partial charge in [0.1, 0.15) is 0 Å². The first-order valence-electron chi connectivity index (χ1n) is 9.54. The zero-order chi connectivity index (χ0) is 19.6. The van der Waals surface area contributed by atoms with E-state index in [4.69, 9.17) is 17.0 Å². The summed E-state index contributed by atoms with van der Waals surface area (Å²) in [7, 11) is 0. The van der Waals surface area contributed by atoms with Crippen LogP contribution in [0.25, 0.3) is 0 Å². The van der Waals surface area contributed by atoms with Crippen molar-refractivity contribution < 1.29 is 9.53 Å². The van der Waals surface area contributed by atoms with Crippen molar-refractivity contribution in [1.29, 1.82) is 0 Å². The lowest BCUT2D eigenvalue weighted by atomic mass is 10.2. The predicted octanol–water partition coefficient (Wildman–Crippen LogP) is 2.25. The number of thiocarbonyl (C=S) groups is 1. The highest BCUT2D eigenvalue weighted by Gasteiger charge is 2.17. The van der Waals surface area contributed by atoms with Crippen molar-refractivity contribution >= 4 is 23.2 Å². The maximum Gasteiger partial charge on any atom is 0.239 e. The second kappa shape index (κ2) is 10.7. The normalized spacial score (nSPS) is 15.8. The van der Waals surface area contributed by atoms with Crippen LogP contribution >= 0.6 is 12.2 Å². The summed E-state index contributed by atoms with van der Waals surface area (Å²) in [4.78, 5) is 18.3. The zero-order valence-corrected chi connectivity index (χ0v) is 16.7. The summed E-state index contributed by atoms with van der Waals surface area (Å²) < 4.78 is 5.52. The largest absolute Gasteiger partial charge is 0.376 e. The van der Waals surface area contributed by atoms with E-state index in [1.165, 1.54) is 0 Å². The summed E-state index contributed by atoms with van der Waals surface area (Å²) in [6, 6.07) is 14.1. The highest BCUT2D eigenvalue weighted by Crippen LogP contribution is 2.11. The maximum absolute atomic E-state index is 12.1. The molecule has 1 fully saturated rings. The molecule has 2 aromatic rings. The number of rotatable bonds is 8. The molecule has 0 saturated carbocycles. The Morgan fingerprint density at radius 3 is 2.64 bits per heavy atom. The molecule has 1 aromatic heterocycles. The Labute approximate surface area is 171 Å². The number of amides is 1. The Morgan fingerprint density at radius 1 is 1.14 bits per heavy atom. The first-order chi connectivity index (χ1) is 13.7. The molecule has 1 aromatic carbocycles. The molecule has 0 bridgehead atoms. The van der Waals surface area contributed by atoms with E-state index in [1.807, 2.05) is 41.4 Å². The molecular formula is C21H26N4O2S. The van der Waals surface area contributed by atoms with Gasteiger partial charge in [0.05, 0.1) is 12.6 Å². The average Bonchev–Trinajstić information content (AvgIpc) is 3.25. The predicted molar refractivity (Wildman–Crippen MR) is 113 cm³/mol. The number of aromatic nitrogens is 1. The van der Waals surface area contributed by atoms with E-state index < -0.39 is 0 Å². The molecule has 6 nitrogen and oxygen atoms in total. The van der Waals surface area contributed by atoms with Crippen LogP contribution < -0.4 is 10.6 Å². The molecule has 1 aliphatic heterocycles. The molecule has 2 N–H and O–H groups in total. The molecule has 2 heterocycles. The van der Waals surface area contributed by atoms with Gasteiger partial charge in [0, 0.05) is 38.6 Å². The van der Waals surface area contributed by atoms with E-state index in [2.05, 4.69) is 27.8 Å². The number of carbonyl (C=O) groups excluding carboxylic acids is 1. The lowest BCUT2D eigenvalue weighted by Crippen LogP contribution is -2.44. The van der Waals surface area contributed by atoms with Gasteiger partial charge in [0.25, 0.3) is 0 Å². The number of carbonyl (C=O) groups is 1. The van der Waals surface area contributed by atoms with Crippen molar-refractivity contribution in [2.45, 2.75) is 32.0 Å². The third-order valence-electron chi connectivity index (χ3n) is 4.55. The van der Waals surface area contributed by atoms with Crippen LogP contribution in [0.15, 0.2) is 54.9 Å². The first kappa shape index (κ1) is 20.2. The van der Waals surface area contributed by atoms with Gasteiger partial charge in [-0.25, -0.2) is 0 Å². The summed E-state index contributed by atoms with van der Waals surface area (Å²) in [6.45, 7) is 2.75. The smallest absolute Gasteiger partial charge is 0.239 e. The number of benzene rings is 1. The molecule has 1 amide bonds. The van der Waals surface area contributed by atoms with E-state index in [-0.39, 0.29) is 18.6 Å². The molecule has 0 radical (unpaired) electrons. The molecule has 3 rings (SSSR count). The number of nitrogens with zero attached hydrogens (tertiary/aromatic N) is 2. The van der Waals surface area contributed by atoms with Crippen molar-refractivity contribution in [2.75, 3.05) is 19.7 Å². The van der Waals surface area contributed by atoms with Crippen LogP contribution in [-0.2, 0) is 22.6 Å². The number of hydrogen-bond acceptors (Lipinski definition) is 4. The summed E-state index contributed by atoms with van der Waals surface area (Å²) >= 11 is 5.57. The van der Waals surface area contributed by atoms with Crippen molar-refractivity contribution in [3.05, 3.63) is 66.0 Å². The van der Waals surface area contributed by atoms with E-state index in [1.54, 1.807) is 6.20 Å². The molecular weight excluding hydrogens is 372 g/mol. The summed E-state index contributed by atoms with van der Waals surface area (Å²) in [5, 5.41) is 6.53. The van der Waals surface area contributed by atoms with Crippen molar-refractivity contribution in [2.24, 2.45) is 0 Å². The van der Waals surface area contributed by atoms with Gasteiger partial charge in [-0.15, -0.1) is 0 Å². The van der Waals surface area contributed by atoms with Crippen LogP contribution in [0.2, 0.25) is 0 Å². The monoisotopic (exact) mass is 398 g/mol. The minimum Gasteiger partial charge on any atom is -0.376 e. The summed E-state index contributed by atoms with van der Waals surface area (Å²) in [6.07, 6.45) is 5.78. The van der Waals surface area contributed by atoms with E-state index in [9.17, 15) is 4.79 Å². The molecule has 0 unspecified atom stereocenters. The second-order valence-corrected chi connectivity index (χ2v) is 7.19. The Hall–Kier alpha value is -2.51. The van der Waals surface area contributed by atoms with Gasteiger partial charge < -0.3 is 20.3 Å². The van der Waals surface area contributed by atoms with Gasteiger partial charge in [-0.05, 0) is 42.3 Å². The Bertz CT molecular complexity index is 710. The van der Waals surface area contributed by atoms with Crippen molar-refractivity contribution in [3.63, 3.8) is 0 Å². The molecule has 7 heteroatoms. The highest BCUT2D eigenvalue weighted by atomic mass is 32.1. The minimum atomic E-state index is -0.0844. The van der Waals surface area contributed by atoms with Gasteiger partial charge >= 0.3 is 0 Å². The maximum atomic E-state index is 12.1. The lowest BCUT2D eigenvalue weighted by molar-refractivity contribution is -0.120. The van der Waals surface area contributed by atoms with Crippen LogP contribution in [0.1, 0.15) is 24.0 Å². The topological polar surface area (TPSA) is 66.5 Å². The molecule has 28 heavy (non-hydrogen) atoms. The Morgan fingerprint density at radius 2 is 1.93 bits per heavy atom. The van der Waals surface area contributed by atoms with Gasteiger partial charge in [0.15, 0.2) is 5.11 Å². The fraction of sp³-hybridized carbons (Fsp3) is 0.381. The third-order valence-corrected chi connectivity index (χ3v) is 4.95. The molecule has 1 atom stereocenters. The molecule has 0 spiro atoms. The van der Waals surface area contributed by atoms with Gasteiger partial charge in [-0.3, -0.25) is 9.78 Å². The fourth-order valence-corrected chi connectivity index (χ4v) is 3.28. The molecule has 1 aliphatic rings. The van der Waals surface area contributed by atoms with E-state index >= 15 is 0 Å². The SMILES string of the molecule is O=C(CNC(=S)N(Cc1ccccc1)Cc1cccnc1)NC[C@@H]1CCCO1. The van der Waals surface area contributed by atoms with Gasteiger partial charge in [-0.1, -0.05) is 36.4 Å². The fourth-order valence-electron chi connectivity index (χ4n) is 3.08. The van der Waals surface area contributed by atoms with Gasteiger partial charge in [-0.2, -0.15) is 0 Å². The number of ether oxygens (including phenoxy) is 1. The number of hydrogen-bond donors (Lipinski definition) is 2. The van der Waals surface area contributed by atoms with Crippen LogP contribution in [0.4, 0.5) is 0 Å². The molecule has 1 saturated heterocycles. The standard InChI is InChI=1S/C21H26N4O2S/c26-20(23-13-19-9-5-11-27-19)14-24-21(28)25(15-17-6-2-1-3-7-17)16-18-8-4-10-22-12-18/h1-4,6-8,10,12,19H,5,9,11,13-16H2,(H,23,26)(H,24,28)/t19-/m0/s1.